The Morgan fingerprint density at radius 1 is 1.12 bits per heavy atom. The lowest BCUT2D eigenvalue weighted by molar-refractivity contribution is -0.134. The van der Waals surface area contributed by atoms with Gasteiger partial charge in [-0.25, -0.2) is 4.79 Å². The molecule has 138 valence electrons. The van der Waals surface area contributed by atoms with E-state index in [9.17, 15) is 9.59 Å². The van der Waals surface area contributed by atoms with Gasteiger partial charge in [0.1, 0.15) is 11.6 Å². The number of aryl methyl sites for hydroxylation is 1. The summed E-state index contributed by atoms with van der Waals surface area (Å²) in [7, 11) is 0. The molecule has 1 saturated heterocycles. The van der Waals surface area contributed by atoms with E-state index in [0.717, 1.165) is 44.3 Å². The SMILES string of the molecule is CC(C)(C)OC(=O)NC(CCc1ccccc1)C(=O)N1CCCCC1. The number of piperidine rings is 1. The lowest BCUT2D eigenvalue weighted by Gasteiger charge is -2.31. The highest BCUT2D eigenvalue weighted by molar-refractivity contribution is 5.85. The summed E-state index contributed by atoms with van der Waals surface area (Å²) in [5, 5.41) is 2.79. The highest BCUT2D eigenvalue weighted by atomic mass is 16.6. The van der Waals surface area contributed by atoms with Crippen LogP contribution in [0.3, 0.4) is 0 Å². The molecule has 2 rings (SSSR count). The van der Waals surface area contributed by atoms with Gasteiger partial charge in [0.2, 0.25) is 5.91 Å². The Bertz CT molecular complexity index is 560. The lowest BCUT2D eigenvalue weighted by atomic mass is 10.0. The summed E-state index contributed by atoms with van der Waals surface area (Å²) in [5.74, 6) is 0.00138. The second-order valence-corrected chi connectivity index (χ2v) is 7.61. The molecule has 1 aromatic rings. The Hall–Kier alpha value is -2.04. The summed E-state index contributed by atoms with van der Waals surface area (Å²) in [6, 6.07) is 9.47. The van der Waals surface area contributed by atoms with Gasteiger partial charge >= 0.3 is 6.09 Å². The highest BCUT2D eigenvalue weighted by Crippen LogP contribution is 2.14. The Morgan fingerprint density at radius 3 is 2.36 bits per heavy atom. The maximum Gasteiger partial charge on any atom is 0.408 e. The number of benzene rings is 1. The van der Waals surface area contributed by atoms with Crippen LogP contribution < -0.4 is 5.32 Å². The molecule has 5 heteroatoms. The van der Waals surface area contributed by atoms with E-state index in [0.29, 0.717) is 6.42 Å². The molecule has 1 fully saturated rings. The summed E-state index contributed by atoms with van der Waals surface area (Å²) in [6.07, 6.45) is 4.00. The Balaban J connectivity index is 2.01. The molecule has 0 aliphatic carbocycles. The average molecular weight is 346 g/mol. The van der Waals surface area contributed by atoms with Crippen LogP contribution in [0, 0.1) is 0 Å². The molecule has 1 aliphatic heterocycles. The molecule has 1 N–H and O–H groups in total. The first-order valence-electron chi connectivity index (χ1n) is 9.17. The third-order valence-corrected chi connectivity index (χ3v) is 4.22. The molecular formula is C20H30N2O3. The van der Waals surface area contributed by atoms with Crippen LogP contribution in [0.15, 0.2) is 30.3 Å². The van der Waals surface area contributed by atoms with Crippen molar-refractivity contribution < 1.29 is 14.3 Å². The molecule has 25 heavy (non-hydrogen) atoms. The minimum atomic E-state index is -0.581. The average Bonchev–Trinajstić information content (AvgIpc) is 2.58. The van der Waals surface area contributed by atoms with Crippen molar-refractivity contribution in [2.24, 2.45) is 0 Å². The maximum absolute atomic E-state index is 12.9. The zero-order valence-electron chi connectivity index (χ0n) is 15.6. The van der Waals surface area contributed by atoms with E-state index in [1.54, 1.807) is 0 Å². The lowest BCUT2D eigenvalue weighted by Crippen LogP contribution is -2.51. The molecule has 0 spiro atoms. The van der Waals surface area contributed by atoms with Crippen LogP contribution in [0.25, 0.3) is 0 Å². The fraction of sp³-hybridized carbons (Fsp3) is 0.600. The molecule has 1 aromatic carbocycles. The Kier molecular flexibility index (Phi) is 6.85. The van der Waals surface area contributed by atoms with E-state index in [1.165, 1.54) is 0 Å². The minimum Gasteiger partial charge on any atom is -0.444 e. The summed E-state index contributed by atoms with van der Waals surface area (Å²) in [5.41, 5.74) is 0.576. The first kappa shape index (κ1) is 19.3. The summed E-state index contributed by atoms with van der Waals surface area (Å²) in [6.45, 7) is 7.00. The second-order valence-electron chi connectivity index (χ2n) is 7.61. The van der Waals surface area contributed by atoms with Crippen molar-refractivity contribution in [3.05, 3.63) is 35.9 Å². The molecule has 0 aromatic heterocycles. The normalized spacial score (nSPS) is 16.2. The van der Waals surface area contributed by atoms with Crippen LogP contribution in [0.1, 0.15) is 52.0 Å². The highest BCUT2D eigenvalue weighted by Gasteiger charge is 2.28. The fourth-order valence-corrected chi connectivity index (χ4v) is 3.00. The number of hydrogen-bond acceptors (Lipinski definition) is 3. The van der Waals surface area contributed by atoms with Gasteiger partial charge < -0.3 is 15.0 Å². The van der Waals surface area contributed by atoms with Crippen molar-refractivity contribution >= 4 is 12.0 Å². The predicted molar refractivity (Wildman–Crippen MR) is 98.4 cm³/mol. The molecule has 0 radical (unpaired) electrons. The number of carbonyl (C=O) groups is 2. The van der Waals surface area contributed by atoms with Gasteiger partial charge in [-0.2, -0.15) is 0 Å². The predicted octanol–water partition coefficient (Wildman–Crippen LogP) is 3.53. The second kappa shape index (κ2) is 8.88. The number of amides is 2. The largest absolute Gasteiger partial charge is 0.444 e. The molecule has 1 unspecified atom stereocenters. The smallest absolute Gasteiger partial charge is 0.408 e. The van der Waals surface area contributed by atoms with Gasteiger partial charge in [0, 0.05) is 13.1 Å². The van der Waals surface area contributed by atoms with Gasteiger partial charge in [-0.1, -0.05) is 30.3 Å². The topological polar surface area (TPSA) is 58.6 Å². The number of carbonyl (C=O) groups excluding carboxylic acids is 2. The first-order valence-corrected chi connectivity index (χ1v) is 9.17. The standard InChI is InChI=1S/C20H30N2O3/c1-20(2,3)25-19(24)21-17(13-12-16-10-6-4-7-11-16)18(23)22-14-8-5-9-15-22/h4,6-7,10-11,17H,5,8-9,12-15H2,1-3H3,(H,21,24). The number of alkyl carbamates (subject to hydrolysis) is 1. The Morgan fingerprint density at radius 2 is 1.76 bits per heavy atom. The zero-order valence-corrected chi connectivity index (χ0v) is 15.6. The van der Waals surface area contributed by atoms with E-state index in [4.69, 9.17) is 4.74 Å². The van der Waals surface area contributed by atoms with Gasteiger partial charge in [-0.05, 0) is 58.4 Å². The van der Waals surface area contributed by atoms with Gasteiger partial charge in [0.05, 0.1) is 0 Å². The molecular weight excluding hydrogens is 316 g/mol. The summed E-state index contributed by atoms with van der Waals surface area (Å²) >= 11 is 0. The molecule has 1 heterocycles. The van der Waals surface area contributed by atoms with Crippen LogP contribution in [0.4, 0.5) is 4.79 Å². The minimum absolute atomic E-state index is 0.00138. The summed E-state index contributed by atoms with van der Waals surface area (Å²) in [4.78, 5) is 26.9. The van der Waals surface area contributed by atoms with E-state index < -0.39 is 17.7 Å². The van der Waals surface area contributed by atoms with Crippen molar-refractivity contribution in [3.63, 3.8) is 0 Å². The molecule has 5 nitrogen and oxygen atoms in total. The molecule has 0 bridgehead atoms. The molecule has 1 atom stereocenters. The van der Waals surface area contributed by atoms with E-state index >= 15 is 0 Å². The van der Waals surface area contributed by atoms with Crippen molar-refractivity contribution in [2.75, 3.05) is 13.1 Å². The Labute approximate surface area is 150 Å². The van der Waals surface area contributed by atoms with Crippen LogP contribution in [-0.2, 0) is 16.0 Å². The number of rotatable bonds is 5. The zero-order chi connectivity index (χ0) is 18.3. The molecule has 2 amide bonds. The van der Waals surface area contributed by atoms with E-state index in [2.05, 4.69) is 5.32 Å². The summed E-state index contributed by atoms with van der Waals surface area (Å²) < 4.78 is 5.34. The van der Waals surface area contributed by atoms with Crippen LogP contribution >= 0.6 is 0 Å². The molecule has 1 aliphatic rings. The van der Waals surface area contributed by atoms with Gasteiger partial charge in [-0.15, -0.1) is 0 Å². The number of nitrogens with zero attached hydrogens (tertiary/aromatic N) is 1. The first-order chi connectivity index (χ1) is 11.8. The number of ether oxygens (including phenoxy) is 1. The number of hydrogen-bond donors (Lipinski definition) is 1. The van der Waals surface area contributed by atoms with Crippen molar-refractivity contribution in [1.82, 2.24) is 10.2 Å². The van der Waals surface area contributed by atoms with Crippen LogP contribution in [0.5, 0.6) is 0 Å². The van der Waals surface area contributed by atoms with Crippen molar-refractivity contribution in [1.29, 1.82) is 0 Å². The quantitative estimate of drug-likeness (QED) is 0.887. The molecule has 0 saturated carbocycles. The van der Waals surface area contributed by atoms with Crippen LogP contribution in [0.2, 0.25) is 0 Å². The van der Waals surface area contributed by atoms with E-state index in [-0.39, 0.29) is 5.91 Å². The van der Waals surface area contributed by atoms with Gasteiger partial charge in [-0.3, -0.25) is 4.79 Å². The van der Waals surface area contributed by atoms with Crippen LogP contribution in [-0.4, -0.2) is 41.6 Å². The number of nitrogens with one attached hydrogen (secondary N) is 1. The maximum atomic E-state index is 12.9. The number of likely N-dealkylation sites (tertiary alicyclic amines) is 1. The van der Waals surface area contributed by atoms with E-state index in [1.807, 2.05) is 56.0 Å². The fourth-order valence-electron chi connectivity index (χ4n) is 3.00. The third-order valence-electron chi connectivity index (χ3n) is 4.22. The monoisotopic (exact) mass is 346 g/mol. The van der Waals surface area contributed by atoms with Gasteiger partial charge in [0.25, 0.3) is 0 Å². The van der Waals surface area contributed by atoms with Gasteiger partial charge in [0.15, 0.2) is 0 Å². The van der Waals surface area contributed by atoms with Crippen molar-refractivity contribution in [3.8, 4) is 0 Å². The van der Waals surface area contributed by atoms with Crippen molar-refractivity contribution in [2.45, 2.75) is 64.5 Å². The third kappa shape index (κ3) is 6.77.